The standard InChI is InChI=1S/C20H16ClF3O4/c1-2-5-11-6-3-4-7-15(11)27-17-10-16-12(9-14(17)21)8-13(19(25)26)18(28-16)20(22,23)24/h3-4,6-10,18H,2,5H2,1H3,(H,25,26). The summed E-state index contributed by atoms with van der Waals surface area (Å²) in [6.45, 7) is 2.01. The molecule has 1 unspecified atom stereocenters. The number of hydrogen-bond donors (Lipinski definition) is 1. The second-order valence-corrected chi connectivity index (χ2v) is 6.63. The van der Waals surface area contributed by atoms with Gasteiger partial charge in [0.05, 0.1) is 10.6 Å². The van der Waals surface area contributed by atoms with E-state index < -0.39 is 23.8 Å². The summed E-state index contributed by atoms with van der Waals surface area (Å²) in [6.07, 6.45) is -4.89. The normalized spacial score (nSPS) is 16.0. The molecule has 1 atom stereocenters. The van der Waals surface area contributed by atoms with Gasteiger partial charge in [0.25, 0.3) is 0 Å². The van der Waals surface area contributed by atoms with E-state index in [2.05, 4.69) is 0 Å². The Balaban J connectivity index is 2.01. The molecule has 8 heteroatoms. The summed E-state index contributed by atoms with van der Waals surface area (Å²) >= 11 is 6.21. The van der Waals surface area contributed by atoms with E-state index in [4.69, 9.17) is 26.2 Å². The molecule has 1 aliphatic rings. The highest BCUT2D eigenvalue weighted by atomic mass is 35.5. The maximum Gasteiger partial charge on any atom is 0.430 e. The molecule has 0 saturated heterocycles. The third-order valence-corrected chi connectivity index (χ3v) is 4.45. The summed E-state index contributed by atoms with van der Waals surface area (Å²) in [6, 6.07) is 9.84. The van der Waals surface area contributed by atoms with Crippen LogP contribution in [0.1, 0.15) is 24.5 Å². The third-order valence-electron chi connectivity index (χ3n) is 4.16. The van der Waals surface area contributed by atoms with Gasteiger partial charge in [0.2, 0.25) is 6.10 Å². The number of hydrogen-bond acceptors (Lipinski definition) is 3. The molecule has 0 saturated carbocycles. The van der Waals surface area contributed by atoms with Crippen LogP contribution in [-0.2, 0) is 11.2 Å². The van der Waals surface area contributed by atoms with E-state index in [1.165, 1.54) is 12.1 Å². The van der Waals surface area contributed by atoms with Crippen molar-refractivity contribution in [3.63, 3.8) is 0 Å². The van der Waals surface area contributed by atoms with Crippen molar-refractivity contribution in [3.05, 3.63) is 58.1 Å². The Labute approximate surface area is 164 Å². The second kappa shape index (κ2) is 7.75. The largest absolute Gasteiger partial charge is 0.478 e. The molecule has 0 bridgehead atoms. The van der Waals surface area contributed by atoms with Crippen LogP contribution in [0.15, 0.2) is 42.0 Å². The van der Waals surface area contributed by atoms with Crippen molar-refractivity contribution in [1.82, 2.24) is 0 Å². The molecule has 148 valence electrons. The Bertz CT molecular complexity index is 938. The second-order valence-electron chi connectivity index (χ2n) is 6.22. The van der Waals surface area contributed by atoms with Gasteiger partial charge >= 0.3 is 12.1 Å². The fourth-order valence-electron chi connectivity index (χ4n) is 2.89. The first-order valence-electron chi connectivity index (χ1n) is 8.48. The van der Waals surface area contributed by atoms with Crippen LogP contribution in [0.5, 0.6) is 17.2 Å². The third kappa shape index (κ3) is 4.09. The van der Waals surface area contributed by atoms with Crippen molar-refractivity contribution < 1.29 is 32.5 Å². The zero-order valence-corrected chi connectivity index (χ0v) is 15.5. The Morgan fingerprint density at radius 2 is 1.96 bits per heavy atom. The number of alkyl halides is 3. The predicted octanol–water partition coefficient (Wildman–Crippen LogP) is 5.88. The number of carbonyl (C=O) groups is 1. The zero-order valence-electron chi connectivity index (χ0n) is 14.7. The number of carboxylic acid groups (broad SMARTS) is 1. The molecular weight excluding hydrogens is 397 g/mol. The lowest BCUT2D eigenvalue weighted by atomic mass is 10.0. The van der Waals surface area contributed by atoms with Gasteiger partial charge in [0.1, 0.15) is 17.2 Å². The molecule has 3 rings (SSSR count). The van der Waals surface area contributed by atoms with Crippen molar-refractivity contribution in [1.29, 1.82) is 0 Å². The molecule has 2 aromatic carbocycles. The van der Waals surface area contributed by atoms with E-state index in [1.807, 2.05) is 19.1 Å². The number of carboxylic acids is 1. The highest BCUT2D eigenvalue weighted by Gasteiger charge is 2.48. The minimum absolute atomic E-state index is 0.122. The lowest BCUT2D eigenvalue weighted by Crippen LogP contribution is -2.40. The first-order chi connectivity index (χ1) is 13.2. The average Bonchev–Trinajstić information content (AvgIpc) is 2.62. The fraction of sp³-hybridized carbons (Fsp3) is 0.250. The molecule has 0 aromatic heterocycles. The summed E-state index contributed by atoms with van der Waals surface area (Å²) in [4.78, 5) is 11.2. The minimum atomic E-state index is -4.88. The SMILES string of the molecule is CCCc1ccccc1Oc1cc2c(cc1Cl)C=C(C(=O)O)C(C(F)(F)F)O2. The molecule has 0 fully saturated rings. The molecule has 0 spiro atoms. The summed E-state index contributed by atoms with van der Waals surface area (Å²) in [5.74, 6) is -1.20. The molecule has 0 radical (unpaired) electrons. The number of para-hydroxylation sites is 1. The highest BCUT2D eigenvalue weighted by molar-refractivity contribution is 6.32. The number of ether oxygens (including phenoxy) is 2. The van der Waals surface area contributed by atoms with Crippen molar-refractivity contribution >= 4 is 23.6 Å². The van der Waals surface area contributed by atoms with Gasteiger partial charge in [-0.15, -0.1) is 0 Å². The summed E-state index contributed by atoms with van der Waals surface area (Å²) in [5, 5.41) is 9.22. The molecule has 28 heavy (non-hydrogen) atoms. The quantitative estimate of drug-likeness (QED) is 0.666. The van der Waals surface area contributed by atoms with E-state index in [0.717, 1.165) is 24.5 Å². The molecule has 4 nitrogen and oxygen atoms in total. The summed E-state index contributed by atoms with van der Waals surface area (Å²) in [5.41, 5.74) is 0.163. The van der Waals surface area contributed by atoms with Crippen LogP contribution in [0, 0.1) is 0 Å². The minimum Gasteiger partial charge on any atom is -0.478 e. The van der Waals surface area contributed by atoms with Crippen LogP contribution in [0.2, 0.25) is 5.02 Å². The van der Waals surface area contributed by atoms with Gasteiger partial charge in [0.15, 0.2) is 0 Å². The van der Waals surface area contributed by atoms with E-state index in [1.54, 1.807) is 12.1 Å². The van der Waals surface area contributed by atoms with Crippen molar-refractivity contribution in [2.24, 2.45) is 0 Å². The van der Waals surface area contributed by atoms with Crippen LogP contribution in [0.3, 0.4) is 0 Å². The van der Waals surface area contributed by atoms with Gasteiger partial charge in [-0.05, 0) is 30.2 Å². The maximum absolute atomic E-state index is 13.2. The molecule has 1 aliphatic heterocycles. The van der Waals surface area contributed by atoms with Gasteiger partial charge in [-0.25, -0.2) is 4.79 Å². The van der Waals surface area contributed by atoms with Gasteiger partial charge in [-0.1, -0.05) is 43.1 Å². The number of aryl methyl sites for hydroxylation is 1. The van der Waals surface area contributed by atoms with Crippen LogP contribution < -0.4 is 9.47 Å². The fourth-order valence-corrected chi connectivity index (χ4v) is 3.10. The van der Waals surface area contributed by atoms with Crippen LogP contribution in [0.25, 0.3) is 6.08 Å². The maximum atomic E-state index is 13.2. The Kier molecular flexibility index (Phi) is 5.56. The molecule has 1 heterocycles. The Morgan fingerprint density at radius 3 is 2.61 bits per heavy atom. The first-order valence-corrected chi connectivity index (χ1v) is 8.86. The summed E-state index contributed by atoms with van der Waals surface area (Å²) < 4.78 is 50.5. The molecule has 2 aromatic rings. The summed E-state index contributed by atoms with van der Waals surface area (Å²) in [7, 11) is 0. The Hall–Kier alpha value is -2.67. The van der Waals surface area contributed by atoms with Crippen LogP contribution in [-0.4, -0.2) is 23.4 Å². The van der Waals surface area contributed by atoms with Crippen LogP contribution >= 0.6 is 11.6 Å². The molecule has 0 amide bonds. The predicted molar refractivity (Wildman–Crippen MR) is 98.0 cm³/mol. The highest BCUT2D eigenvalue weighted by Crippen LogP contribution is 2.42. The van der Waals surface area contributed by atoms with Gasteiger partial charge < -0.3 is 14.6 Å². The number of halogens is 4. The van der Waals surface area contributed by atoms with E-state index in [0.29, 0.717) is 5.75 Å². The molecular formula is C20H16ClF3O4. The number of aliphatic carboxylic acids is 1. The average molecular weight is 413 g/mol. The van der Waals surface area contributed by atoms with E-state index >= 15 is 0 Å². The lowest BCUT2D eigenvalue weighted by Gasteiger charge is -2.27. The molecule has 0 aliphatic carbocycles. The first kappa shape index (κ1) is 20.1. The number of rotatable bonds is 5. The number of fused-ring (bicyclic) bond motifs is 1. The van der Waals surface area contributed by atoms with Crippen molar-refractivity contribution in [3.8, 4) is 17.2 Å². The topological polar surface area (TPSA) is 55.8 Å². The monoisotopic (exact) mass is 412 g/mol. The van der Waals surface area contributed by atoms with Crippen molar-refractivity contribution in [2.75, 3.05) is 0 Å². The van der Waals surface area contributed by atoms with Gasteiger partial charge in [-0.2, -0.15) is 13.2 Å². The Morgan fingerprint density at radius 1 is 1.25 bits per heavy atom. The van der Waals surface area contributed by atoms with Crippen LogP contribution in [0.4, 0.5) is 13.2 Å². The zero-order chi connectivity index (χ0) is 20.5. The smallest absolute Gasteiger partial charge is 0.430 e. The van der Waals surface area contributed by atoms with Crippen molar-refractivity contribution in [2.45, 2.75) is 32.0 Å². The van der Waals surface area contributed by atoms with Gasteiger partial charge in [-0.3, -0.25) is 0 Å². The van der Waals surface area contributed by atoms with E-state index in [9.17, 15) is 18.0 Å². The molecule has 1 N–H and O–H groups in total. The van der Waals surface area contributed by atoms with Gasteiger partial charge in [0, 0.05) is 11.6 Å². The van der Waals surface area contributed by atoms with E-state index in [-0.39, 0.29) is 22.1 Å². The lowest BCUT2D eigenvalue weighted by molar-refractivity contribution is -0.187. The number of benzene rings is 2.